The van der Waals surface area contributed by atoms with Gasteiger partial charge in [-0.05, 0) is 65.1 Å². The Morgan fingerprint density at radius 3 is 2.50 bits per heavy atom. The molecule has 0 saturated heterocycles. The molecule has 0 unspecified atom stereocenters. The van der Waals surface area contributed by atoms with Crippen LogP contribution in [0.5, 0.6) is 0 Å². The van der Waals surface area contributed by atoms with Crippen LogP contribution in [-0.2, 0) is 6.42 Å². The first-order chi connectivity index (χ1) is 14.7. The Morgan fingerprint density at radius 2 is 1.70 bits per heavy atom. The molecule has 30 heavy (non-hydrogen) atoms. The maximum absolute atomic E-state index is 6.54. The number of fused-ring (bicyclic) bond motifs is 2. The average Bonchev–Trinajstić information content (AvgIpc) is 2.80. The van der Waals surface area contributed by atoms with E-state index in [2.05, 4.69) is 104 Å². The molecule has 0 aromatic heterocycles. The van der Waals surface area contributed by atoms with Gasteiger partial charge in [0, 0.05) is 29.0 Å². The smallest absolute Gasteiger partial charge is 0.0485 e. The SMILES string of the molecule is CCc1ccc(C=CC(Cl)=CC=C2C=CN(CC)c3ccccc32)c2ccccc12. The lowest BCUT2D eigenvalue weighted by molar-refractivity contribution is 1.01. The topological polar surface area (TPSA) is 3.24 Å². The zero-order valence-electron chi connectivity index (χ0n) is 17.5. The second kappa shape index (κ2) is 9.19. The Labute approximate surface area is 184 Å². The third-order valence-corrected chi connectivity index (χ3v) is 5.82. The number of para-hydroxylation sites is 1. The van der Waals surface area contributed by atoms with Gasteiger partial charge in [0.15, 0.2) is 0 Å². The zero-order valence-corrected chi connectivity index (χ0v) is 18.2. The third kappa shape index (κ3) is 4.13. The molecule has 3 aromatic rings. The van der Waals surface area contributed by atoms with Gasteiger partial charge in [-0.1, -0.05) is 85.3 Å². The average molecular weight is 412 g/mol. The molecule has 1 aliphatic rings. The van der Waals surface area contributed by atoms with Gasteiger partial charge < -0.3 is 4.90 Å². The Kier molecular flexibility index (Phi) is 6.21. The van der Waals surface area contributed by atoms with E-state index in [4.69, 9.17) is 11.6 Å². The quantitative estimate of drug-likeness (QED) is 0.384. The first kappa shape index (κ1) is 20.3. The highest BCUT2D eigenvalue weighted by Gasteiger charge is 2.13. The predicted molar refractivity (Wildman–Crippen MR) is 133 cm³/mol. The van der Waals surface area contributed by atoms with Crippen LogP contribution < -0.4 is 4.90 Å². The molecule has 0 amide bonds. The molecule has 3 aromatic carbocycles. The molecule has 0 aliphatic carbocycles. The number of rotatable bonds is 5. The van der Waals surface area contributed by atoms with Crippen molar-refractivity contribution >= 4 is 39.7 Å². The van der Waals surface area contributed by atoms with Gasteiger partial charge in [0.25, 0.3) is 0 Å². The largest absolute Gasteiger partial charge is 0.348 e. The lowest BCUT2D eigenvalue weighted by atomic mass is 9.98. The van der Waals surface area contributed by atoms with Gasteiger partial charge in [0.1, 0.15) is 0 Å². The van der Waals surface area contributed by atoms with E-state index in [-0.39, 0.29) is 0 Å². The number of hydrogen-bond acceptors (Lipinski definition) is 1. The fourth-order valence-electron chi connectivity index (χ4n) is 3.96. The van der Waals surface area contributed by atoms with E-state index >= 15 is 0 Å². The van der Waals surface area contributed by atoms with E-state index in [9.17, 15) is 0 Å². The molecule has 1 aliphatic heterocycles. The fourth-order valence-corrected chi connectivity index (χ4v) is 4.09. The van der Waals surface area contributed by atoms with Crippen molar-refractivity contribution in [1.82, 2.24) is 0 Å². The highest BCUT2D eigenvalue weighted by Crippen LogP contribution is 2.32. The molecular formula is C28H26ClN. The number of benzene rings is 3. The zero-order chi connectivity index (χ0) is 20.9. The molecule has 1 nitrogen and oxygen atoms in total. The van der Waals surface area contributed by atoms with Crippen LogP contribution in [0.15, 0.2) is 96.2 Å². The molecule has 0 saturated carbocycles. The number of anilines is 1. The van der Waals surface area contributed by atoms with Gasteiger partial charge in [-0.2, -0.15) is 0 Å². The standard InChI is InChI=1S/C28H26ClN/c1-3-21-13-14-22(26-10-6-5-9-25(21)26)15-17-24(29)18-16-23-19-20-30(4-2)28-12-8-7-11-27(23)28/h5-20H,3-4H2,1-2H3. The highest BCUT2D eigenvalue weighted by atomic mass is 35.5. The summed E-state index contributed by atoms with van der Waals surface area (Å²) in [5.74, 6) is 0. The van der Waals surface area contributed by atoms with E-state index < -0.39 is 0 Å². The highest BCUT2D eigenvalue weighted by molar-refractivity contribution is 6.31. The monoisotopic (exact) mass is 411 g/mol. The number of aryl methyl sites for hydroxylation is 1. The summed E-state index contributed by atoms with van der Waals surface area (Å²) in [6.45, 7) is 5.31. The molecule has 150 valence electrons. The molecule has 0 bridgehead atoms. The molecular weight excluding hydrogens is 386 g/mol. The fraction of sp³-hybridized carbons (Fsp3) is 0.143. The molecule has 2 heteroatoms. The summed E-state index contributed by atoms with van der Waals surface area (Å²) in [6, 6.07) is 21.4. The number of nitrogens with zero attached hydrogens (tertiary/aromatic N) is 1. The first-order valence-electron chi connectivity index (χ1n) is 10.5. The van der Waals surface area contributed by atoms with Crippen LogP contribution in [-0.4, -0.2) is 6.54 Å². The maximum atomic E-state index is 6.54. The molecule has 0 atom stereocenters. The molecule has 0 fully saturated rings. The normalized spacial score (nSPS) is 15.4. The molecule has 4 rings (SSSR count). The molecule has 1 heterocycles. The summed E-state index contributed by atoms with van der Waals surface area (Å²) < 4.78 is 0. The predicted octanol–water partition coefficient (Wildman–Crippen LogP) is 7.98. The van der Waals surface area contributed by atoms with Crippen molar-refractivity contribution in [3.8, 4) is 0 Å². The summed E-state index contributed by atoms with van der Waals surface area (Å²) in [7, 11) is 0. The summed E-state index contributed by atoms with van der Waals surface area (Å²) in [5, 5.41) is 3.28. The number of halogens is 1. The molecule has 0 spiro atoms. The van der Waals surface area contributed by atoms with Crippen LogP contribution in [0, 0.1) is 0 Å². The Bertz CT molecular complexity index is 1180. The van der Waals surface area contributed by atoms with Crippen molar-refractivity contribution in [2.75, 3.05) is 11.4 Å². The lowest BCUT2D eigenvalue weighted by Crippen LogP contribution is -2.18. The second-order valence-corrected chi connectivity index (χ2v) is 7.78. The van der Waals surface area contributed by atoms with Crippen molar-refractivity contribution < 1.29 is 0 Å². The van der Waals surface area contributed by atoms with Crippen LogP contribution in [0.25, 0.3) is 22.4 Å². The van der Waals surface area contributed by atoms with E-state index in [1.165, 1.54) is 38.7 Å². The summed E-state index contributed by atoms with van der Waals surface area (Å²) in [5.41, 5.74) is 6.19. The van der Waals surface area contributed by atoms with Gasteiger partial charge in [-0.3, -0.25) is 0 Å². The molecule has 0 radical (unpaired) electrons. The van der Waals surface area contributed by atoms with E-state index in [1.807, 2.05) is 12.2 Å². The van der Waals surface area contributed by atoms with Gasteiger partial charge >= 0.3 is 0 Å². The van der Waals surface area contributed by atoms with Crippen LogP contribution >= 0.6 is 11.6 Å². The van der Waals surface area contributed by atoms with Crippen LogP contribution in [0.3, 0.4) is 0 Å². The van der Waals surface area contributed by atoms with Crippen molar-refractivity contribution in [3.63, 3.8) is 0 Å². The van der Waals surface area contributed by atoms with Gasteiger partial charge in [0.2, 0.25) is 0 Å². The van der Waals surface area contributed by atoms with Crippen molar-refractivity contribution in [2.45, 2.75) is 20.3 Å². The van der Waals surface area contributed by atoms with E-state index in [0.717, 1.165) is 13.0 Å². The first-order valence-corrected chi connectivity index (χ1v) is 10.9. The van der Waals surface area contributed by atoms with Crippen molar-refractivity contribution in [2.24, 2.45) is 0 Å². The van der Waals surface area contributed by atoms with Crippen LogP contribution in [0.2, 0.25) is 0 Å². The second-order valence-electron chi connectivity index (χ2n) is 7.34. The van der Waals surface area contributed by atoms with Gasteiger partial charge in [0.05, 0.1) is 0 Å². The Morgan fingerprint density at radius 1 is 0.933 bits per heavy atom. The van der Waals surface area contributed by atoms with Crippen LogP contribution in [0.4, 0.5) is 5.69 Å². The Balaban J connectivity index is 1.62. The van der Waals surface area contributed by atoms with Crippen molar-refractivity contribution in [3.05, 3.63) is 113 Å². The lowest BCUT2D eigenvalue weighted by Gasteiger charge is -2.26. The molecule has 0 N–H and O–H groups in total. The van der Waals surface area contributed by atoms with E-state index in [0.29, 0.717) is 5.03 Å². The minimum atomic E-state index is 0.704. The summed E-state index contributed by atoms with van der Waals surface area (Å²) in [4.78, 5) is 2.25. The number of allylic oxidation sites excluding steroid dienone is 6. The minimum Gasteiger partial charge on any atom is -0.348 e. The van der Waals surface area contributed by atoms with Crippen molar-refractivity contribution in [1.29, 1.82) is 0 Å². The maximum Gasteiger partial charge on any atom is 0.0485 e. The minimum absolute atomic E-state index is 0.704. The van der Waals surface area contributed by atoms with Gasteiger partial charge in [-0.25, -0.2) is 0 Å². The van der Waals surface area contributed by atoms with Crippen LogP contribution in [0.1, 0.15) is 30.5 Å². The Hall–Kier alpha value is -3.03. The summed E-state index contributed by atoms with van der Waals surface area (Å²) in [6.07, 6.45) is 13.4. The summed E-state index contributed by atoms with van der Waals surface area (Å²) >= 11 is 6.54. The van der Waals surface area contributed by atoms with Gasteiger partial charge in [-0.15, -0.1) is 0 Å². The number of hydrogen-bond donors (Lipinski definition) is 0. The third-order valence-electron chi connectivity index (χ3n) is 5.57. The van der Waals surface area contributed by atoms with E-state index in [1.54, 1.807) is 0 Å².